The van der Waals surface area contributed by atoms with Crippen molar-refractivity contribution in [3.8, 4) is 5.75 Å². The Morgan fingerprint density at radius 1 is 1.31 bits per heavy atom. The summed E-state index contributed by atoms with van der Waals surface area (Å²) in [6.07, 6.45) is 1.80. The van der Waals surface area contributed by atoms with Gasteiger partial charge in [-0.1, -0.05) is 25.4 Å². The molecule has 0 unspecified atom stereocenters. The molecule has 1 saturated heterocycles. The van der Waals surface area contributed by atoms with Gasteiger partial charge in [-0.3, -0.25) is 4.99 Å². The summed E-state index contributed by atoms with van der Waals surface area (Å²) >= 11 is 6.30. The molecule has 1 aromatic rings. The van der Waals surface area contributed by atoms with Crippen LogP contribution in [0.3, 0.4) is 0 Å². The summed E-state index contributed by atoms with van der Waals surface area (Å²) in [6, 6.07) is 5.84. The first-order valence-electron chi connectivity index (χ1n) is 9.44. The topological polar surface area (TPSA) is 54.9 Å². The normalized spacial score (nSPS) is 17.2. The number of hydrogen-bond donors (Lipinski definition) is 2. The Morgan fingerprint density at radius 3 is 2.65 bits per heavy atom. The predicted octanol–water partition coefficient (Wildman–Crippen LogP) is 3.61. The molecule has 0 atom stereocenters. The summed E-state index contributed by atoms with van der Waals surface area (Å²) in [5, 5.41) is 7.48. The van der Waals surface area contributed by atoms with Gasteiger partial charge in [0.15, 0.2) is 5.96 Å². The van der Waals surface area contributed by atoms with Crippen LogP contribution < -0.4 is 15.4 Å². The second-order valence-electron chi connectivity index (χ2n) is 7.21. The average molecular weight is 382 g/mol. The van der Waals surface area contributed by atoms with Crippen LogP contribution >= 0.6 is 11.6 Å². The minimum absolute atomic E-state index is 0.130. The number of ether oxygens (including phenoxy) is 2. The van der Waals surface area contributed by atoms with Crippen LogP contribution in [0.1, 0.15) is 39.2 Å². The lowest BCUT2D eigenvalue weighted by molar-refractivity contribution is 0.0523. The van der Waals surface area contributed by atoms with E-state index in [0.29, 0.717) is 12.5 Å². The van der Waals surface area contributed by atoms with E-state index in [0.717, 1.165) is 61.4 Å². The molecule has 1 heterocycles. The average Bonchev–Trinajstić information content (AvgIpc) is 2.64. The molecule has 2 N–H and O–H groups in total. The Labute approximate surface area is 162 Å². The van der Waals surface area contributed by atoms with Crippen LogP contribution in [0.4, 0.5) is 0 Å². The number of benzene rings is 1. The van der Waals surface area contributed by atoms with Gasteiger partial charge in [0.05, 0.1) is 13.7 Å². The highest BCUT2D eigenvalue weighted by molar-refractivity contribution is 6.30. The number of methoxy groups -OCH3 is 1. The van der Waals surface area contributed by atoms with E-state index in [2.05, 4.69) is 31.4 Å². The summed E-state index contributed by atoms with van der Waals surface area (Å²) in [5.41, 5.74) is 0.994. The van der Waals surface area contributed by atoms with Gasteiger partial charge in [-0.05, 0) is 43.9 Å². The molecule has 5 nitrogen and oxygen atoms in total. The molecule has 0 bridgehead atoms. The smallest absolute Gasteiger partial charge is 0.191 e. The number of aliphatic imine (C=N–C) groups is 1. The summed E-state index contributed by atoms with van der Waals surface area (Å²) < 4.78 is 11.3. The first-order valence-corrected chi connectivity index (χ1v) is 9.82. The van der Waals surface area contributed by atoms with E-state index >= 15 is 0 Å². The van der Waals surface area contributed by atoms with Crippen molar-refractivity contribution in [3.05, 3.63) is 28.8 Å². The highest BCUT2D eigenvalue weighted by atomic mass is 35.5. The highest BCUT2D eigenvalue weighted by Crippen LogP contribution is 2.41. The number of halogens is 1. The maximum absolute atomic E-state index is 6.30. The van der Waals surface area contributed by atoms with E-state index in [1.807, 2.05) is 18.2 Å². The first kappa shape index (κ1) is 20.8. The van der Waals surface area contributed by atoms with E-state index in [1.165, 1.54) is 0 Å². The third-order valence-electron chi connectivity index (χ3n) is 4.74. The molecule has 1 aliphatic rings. The van der Waals surface area contributed by atoms with Crippen LogP contribution in [-0.4, -0.2) is 45.9 Å². The molecule has 6 heteroatoms. The molecular weight excluding hydrogens is 350 g/mol. The number of guanidine groups is 1. The zero-order valence-corrected chi connectivity index (χ0v) is 17.2. The quantitative estimate of drug-likeness (QED) is 0.559. The van der Waals surface area contributed by atoms with Gasteiger partial charge in [-0.15, -0.1) is 0 Å². The molecule has 0 saturated carbocycles. The fourth-order valence-electron chi connectivity index (χ4n) is 3.24. The van der Waals surface area contributed by atoms with Crippen molar-refractivity contribution in [1.82, 2.24) is 10.6 Å². The van der Waals surface area contributed by atoms with Crippen molar-refractivity contribution < 1.29 is 9.47 Å². The minimum atomic E-state index is -0.130. The van der Waals surface area contributed by atoms with Gasteiger partial charge in [0.2, 0.25) is 0 Å². The molecule has 2 rings (SSSR count). The predicted molar refractivity (Wildman–Crippen MR) is 109 cm³/mol. The number of nitrogens with one attached hydrogen (secondary N) is 2. The van der Waals surface area contributed by atoms with Gasteiger partial charge in [0, 0.05) is 42.3 Å². The fourth-order valence-corrected chi connectivity index (χ4v) is 3.41. The first-order chi connectivity index (χ1) is 12.5. The van der Waals surface area contributed by atoms with Crippen LogP contribution in [-0.2, 0) is 10.2 Å². The van der Waals surface area contributed by atoms with Crippen molar-refractivity contribution in [2.45, 2.75) is 39.0 Å². The Hall–Kier alpha value is -1.46. The monoisotopic (exact) mass is 381 g/mol. The maximum atomic E-state index is 6.30. The van der Waals surface area contributed by atoms with Crippen molar-refractivity contribution in [1.29, 1.82) is 0 Å². The van der Waals surface area contributed by atoms with Crippen LogP contribution in [0.15, 0.2) is 23.2 Å². The Bertz CT molecular complexity index is 599. The van der Waals surface area contributed by atoms with E-state index < -0.39 is 0 Å². The zero-order chi connectivity index (χ0) is 19.0. The summed E-state index contributed by atoms with van der Waals surface area (Å²) in [7, 11) is 1.71. The van der Waals surface area contributed by atoms with E-state index in [-0.39, 0.29) is 5.41 Å². The summed E-state index contributed by atoms with van der Waals surface area (Å²) in [6.45, 7) is 10.3. The Morgan fingerprint density at radius 2 is 2.04 bits per heavy atom. The lowest BCUT2D eigenvalue weighted by Gasteiger charge is -2.37. The minimum Gasteiger partial charge on any atom is -0.496 e. The number of rotatable bonds is 7. The molecule has 1 aromatic carbocycles. The van der Waals surface area contributed by atoms with Crippen LogP contribution in [0.5, 0.6) is 5.75 Å². The molecule has 0 radical (unpaired) electrons. The van der Waals surface area contributed by atoms with E-state index in [4.69, 9.17) is 26.1 Å². The molecule has 1 aliphatic heterocycles. The summed E-state index contributed by atoms with van der Waals surface area (Å²) in [5.74, 6) is 2.28. The second kappa shape index (κ2) is 10.0. The standard InChI is InChI=1S/C20H32ClN3O2/c1-5-22-19(23-13-15(2)3)24-14-20(8-10-26-11-9-20)17-12-16(21)6-7-18(17)25-4/h6-7,12,15H,5,8-11,13-14H2,1-4H3,(H2,22,23,24). The maximum Gasteiger partial charge on any atom is 0.191 e. The van der Waals surface area contributed by atoms with Crippen LogP contribution in [0.2, 0.25) is 5.02 Å². The van der Waals surface area contributed by atoms with Crippen LogP contribution in [0, 0.1) is 5.92 Å². The lowest BCUT2D eigenvalue weighted by atomic mass is 9.73. The molecule has 1 fully saturated rings. The van der Waals surface area contributed by atoms with Crippen molar-refractivity contribution >= 4 is 17.6 Å². The van der Waals surface area contributed by atoms with Crippen molar-refractivity contribution in [3.63, 3.8) is 0 Å². The molecule has 26 heavy (non-hydrogen) atoms. The van der Waals surface area contributed by atoms with Crippen LogP contribution in [0.25, 0.3) is 0 Å². The third kappa shape index (κ3) is 5.52. The fraction of sp³-hybridized carbons (Fsp3) is 0.650. The highest BCUT2D eigenvalue weighted by Gasteiger charge is 2.37. The molecule has 0 aliphatic carbocycles. The van der Waals surface area contributed by atoms with Gasteiger partial charge in [-0.25, -0.2) is 0 Å². The van der Waals surface area contributed by atoms with Crippen molar-refractivity contribution in [2.75, 3.05) is 40.0 Å². The number of nitrogens with zero attached hydrogens (tertiary/aromatic N) is 1. The molecule has 0 aromatic heterocycles. The largest absolute Gasteiger partial charge is 0.496 e. The van der Waals surface area contributed by atoms with Gasteiger partial charge in [0.25, 0.3) is 0 Å². The van der Waals surface area contributed by atoms with Gasteiger partial charge < -0.3 is 20.1 Å². The molecule has 146 valence electrons. The Kier molecular flexibility index (Phi) is 8.04. The molecule has 0 amide bonds. The van der Waals surface area contributed by atoms with Gasteiger partial charge in [-0.2, -0.15) is 0 Å². The zero-order valence-electron chi connectivity index (χ0n) is 16.4. The van der Waals surface area contributed by atoms with Crippen molar-refractivity contribution in [2.24, 2.45) is 10.9 Å². The van der Waals surface area contributed by atoms with Gasteiger partial charge >= 0.3 is 0 Å². The number of hydrogen-bond acceptors (Lipinski definition) is 3. The summed E-state index contributed by atoms with van der Waals surface area (Å²) in [4.78, 5) is 4.90. The molecular formula is C20H32ClN3O2. The second-order valence-corrected chi connectivity index (χ2v) is 7.64. The lowest BCUT2D eigenvalue weighted by Crippen LogP contribution is -2.42. The molecule has 0 spiro atoms. The third-order valence-corrected chi connectivity index (χ3v) is 4.98. The SMILES string of the molecule is CCNC(=NCC1(c2cc(Cl)ccc2OC)CCOCC1)NCC(C)C. The van der Waals surface area contributed by atoms with Gasteiger partial charge in [0.1, 0.15) is 5.75 Å². The van der Waals surface area contributed by atoms with E-state index in [1.54, 1.807) is 7.11 Å². The Balaban J connectivity index is 2.31. The van der Waals surface area contributed by atoms with E-state index in [9.17, 15) is 0 Å².